The van der Waals surface area contributed by atoms with Crippen molar-refractivity contribution in [3.05, 3.63) is 86.6 Å². The molecule has 0 bridgehead atoms. The monoisotopic (exact) mass is 518 g/mol. The SMILES string of the molecule is Cc1cc(Br)cc(C)c1OC(C)C(=O)Nc1cccc(C(=O)Nc2ccc(F)c(Cl)c2)c1. The molecule has 1 unspecified atom stereocenters. The number of nitrogens with one attached hydrogen (secondary N) is 2. The molecule has 5 nitrogen and oxygen atoms in total. The first-order valence-corrected chi connectivity index (χ1v) is 10.9. The lowest BCUT2D eigenvalue weighted by molar-refractivity contribution is -0.122. The van der Waals surface area contributed by atoms with Crippen molar-refractivity contribution in [3.63, 3.8) is 0 Å². The minimum absolute atomic E-state index is 0.0888. The molecule has 0 saturated carbocycles. The van der Waals surface area contributed by atoms with Crippen LogP contribution in [0.5, 0.6) is 5.75 Å². The summed E-state index contributed by atoms with van der Waals surface area (Å²) in [5.74, 6) is -0.690. The maximum atomic E-state index is 13.3. The van der Waals surface area contributed by atoms with Crippen LogP contribution in [0.25, 0.3) is 0 Å². The van der Waals surface area contributed by atoms with Crippen LogP contribution in [0.4, 0.5) is 15.8 Å². The fourth-order valence-corrected chi connectivity index (χ4v) is 3.94. The molecule has 1 atom stereocenters. The van der Waals surface area contributed by atoms with Gasteiger partial charge in [0.2, 0.25) is 0 Å². The minimum Gasteiger partial charge on any atom is -0.480 e. The summed E-state index contributed by atoms with van der Waals surface area (Å²) in [7, 11) is 0. The lowest BCUT2D eigenvalue weighted by atomic mass is 10.1. The van der Waals surface area contributed by atoms with Gasteiger partial charge in [-0.2, -0.15) is 0 Å². The van der Waals surface area contributed by atoms with E-state index < -0.39 is 17.8 Å². The molecular formula is C24H21BrClFN2O3. The third-order valence-electron chi connectivity index (χ3n) is 4.66. The largest absolute Gasteiger partial charge is 0.480 e. The summed E-state index contributed by atoms with van der Waals surface area (Å²) in [5, 5.41) is 5.32. The number of carbonyl (C=O) groups is 2. The number of benzene rings is 3. The third kappa shape index (κ3) is 5.87. The van der Waals surface area contributed by atoms with E-state index in [1.807, 2.05) is 26.0 Å². The molecule has 3 aromatic rings. The van der Waals surface area contributed by atoms with Gasteiger partial charge in [-0.3, -0.25) is 9.59 Å². The average molecular weight is 520 g/mol. The van der Waals surface area contributed by atoms with E-state index in [2.05, 4.69) is 26.6 Å². The highest BCUT2D eigenvalue weighted by molar-refractivity contribution is 9.10. The Kier molecular flexibility index (Phi) is 7.53. The fraction of sp³-hybridized carbons (Fsp3) is 0.167. The average Bonchev–Trinajstić information content (AvgIpc) is 2.73. The predicted molar refractivity (Wildman–Crippen MR) is 128 cm³/mol. The first kappa shape index (κ1) is 23.8. The Morgan fingerprint density at radius 1 is 1.00 bits per heavy atom. The van der Waals surface area contributed by atoms with E-state index in [1.54, 1.807) is 31.2 Å². The Morgan fingerprint density at radius 2 is 1.66 bits per heavy atom. The highest BCUT2D eigenvalue weighted by atomic mass is 79.9. The van der Waals surface area contributed by atoms with Crippen molar-refractivity contribution in [1.82, 2.24) is 0 Å². The molecule has 0 aliphatic rings. The van der Waals surface area contributed by atoms with Gasteiger partial charge in [-0.1, -0.05) is 33.6 Å². The van der Waals surface area contributed by atoms with Gasteiger partial charge in [0.1, 0.15) is 11.6 Å². The summed E-state index contributed by atoms with van der Waals surface area (Å²) in [4.78, 5) is 25.2. The van der Waals surface area contributed by atoms with Crippen molar-refractivity contribution in [2.75, 3.05) is 10.6 Å². The van der Waals surface area contributed by atoms with Crippen LogP contribution in [0.3, 0.4) is 0 Å². The highest BCUT2D eigenvalue weighted by Crippen LogP contribution is 2.28. The molecular weight excluding hydrogens is 499 g/mol. The molecule has 0 aliphatic carbocycles. The molecule has 0 aliphatic heterocycles. The van der Waals surface area contributed by atoms with Crippen LogP contribution in [0.2, 0.25) is 5.02 Å². The van der Waals surface area contributed by atoms with Gasteiger partial charge < -0.3 is 15.4 Å². The van der Waals surface area contributed by atoms with Gasteiger partial charge in [0.05, 0.1) is 5.02 Å². The van der Waals surface area contributed by atoms with Crippen LogP contribution in [0.15, 0.2) is 59.1 Å². The van der Waals surface area contributed by atoms with Crippen molar-refractivity contribution in [1.29, 1.82) is 0 Å². The second-order valence-electron chi connectivity index (χ2n) is 7.28. The van der Waals surface area contributed by atoms with Gasteiger partial charge in [-0.15, -0.1) is 0 Å². The molecule has 0 radical (unpaired) electrons. The van der Waals surface area contributed by atoms with E-state index >= 15 is 0 Å². The third-order valence-corrected chi connectivity index (χ3v) is 5.41. The second kappa shape index (κ2) is 10.1. The lowest BCUT2D eigenvalue weighted by Gasteiger charge is -2.18. The zero-order chi connectivity index (χ0) is 23.4. The minimum atomic E-state index is -0.757. The van der Waals surface area contributed by atoms with Crippen molar-refractivity contribution < 1.29 is 18.7 Å². The molecule has 2 amide bonds. The maximum absolute atomic E-state index is 13.3. The molecule has 32 heavy (non-hydrogen) atoms. The molecule has 0 heterocycles. The maximum Gasteiger partial charge on any atom is 0.265 e. The number of anilines is 2. The van der Waals surface area contributed by atoms with Crippen molar-refractivity contribution in [2.24, 2.45) is 0 Å². The number of amides is 2. The first-order chi connectivity index (χ1) is 15.1. The number of carbonyl (C=O) groups excluding carboxylic acids is 2. The number of rotatable bonds is 6. The molecule has 3 rings (SSSR count). The Bertz CT molecular complexity index is 1160. The molecule has 8 heteroatoms. The summed E-state index contributed by atoms with van der Waals surface area (Å²) in [6.07, 6.45) is -0.757. The van der Waals surface area contributed by atoms with Crippen LogP contribution in [0.1, 0.15) is 28.4 Å². The molecule has 3 aromatic carbocycles. The molecule has 166 valence electrons. The van der Waals surface area contributed by atoms with Crippen LogP contribution in [-0.2, 0) is 4.79 Å². The van der Waals surface area contributed by atoms with Gasteiger partial charge in [0.15, 0.2) is 6.10 Å². The van der Waals surface area contributed by atoms with Crippen LogP contribution >= 0.6 is 27.5 Å². The van der Waals surface area contributed by atoms with Crippen LogP contribution in [0, 0.1) is 19.7 Å². The molecule has 0 aromatic heterocycles. The van der Waals surface area contributed by atoms with Gasteiger partial charge in [0, 0.05) is 21.4 Å². The van der Waals surface area contributed by atoms with Gasteiger partial charge in [-0.25, -0.2) is 4.39 Å². The van der Waals surface area contributed by atoms with E-state index in [-0.39, 0.29) is 10.9 Å². The van der Waals surface area contributed by atoms with Crippen molar-refractivity contribution in [3.8, 4) is 5.75 Å². The van der Waals surface area contributed by atoms with Gasteiger partial charge >= 0.3 is 0 Å². The summed E-state index contributed by atoms with van der Waals surface area (Å²) < 4.78 is 20.1. The van der Waals surface area contributed by atoms with Crippen molar-refractivity contribution >= 4 is 50.7 Å². The number of ether oxygens (including phenoxy) is 1. The Hall–Kier alpha value is -2.90. The topological polar surface area (TPSA) is 67.4 Å². The summed E-state index contributed by atoms with van der Waals surface area (Å²) in [6, 6.07) is 14.2. The number of hydrogen-bond acceptors (Lipinski definition) is 3. The zero-order valence-corrected chi connectivity index (χ0v) is 20.0. The van der Waals surface area contributed by atoms with Crippen LogP contribution < -0.4 is 15.4 Å². The Balaban J connectivity index is 1.67. The number of halogens is 3. The second-order valence-corrected chi connectivity index (χ2v) is 8.60. The zero-order valence-electron chi connectivity index (χ0n) is 17.6. The fourth-order valence-electron chi connectivity index (χ4n) is 3.07. The molecule has 0 fully saturated rings. The van der Waals surface area contributed by atoms with Gasteiger partial charge in [-0.05, 0) is 80.4 Å². The predicted octanol–water partition coefficient (Wildman–Crippen LogP) is 6.52. The normalized spacial score (nSPS) is 11.6. The number of aryl methyl sites for hydroxylation is 2. The molecule has 0 saturated heterocycles. The highest BCUT2D eigenvalue weighted by Gasteiger charge is 2.18. The van der Waals surface area contributed by atoms with E-state index in [0.717, 1.165) is 15.6 Å². The quantitative estimate of drug-likeness (QED) is 0.390. The number of hydrogen-bond donors (Lipinski definition) is 2. The smallest absolute Gasteiger partial charge is 0.265 e. The lowest BCUT2D eigenvalue weighted by Crippen LogP contribution is -2.30. The summed E-state index contributed by atoms with van der Waals surface area (Å²) in [5.41, 5.74) is 2.95. The summed E-state index contributed by atoms with van der Waals surface area (Å²) in [6.45, 7) is 5.48. The Morgan fingerprint density at radius 3 is 2.31 bits per heavy atom. The van der Waals surface area contributed by atoms with E-state index in [0.29, 0.717) is 22.7 Å². The van der Waals surface area contributed by atoms with Gasteiger partial charge in [0.25, 0.3) is 11.8 Å². The summed E-state index contributed by atoms with van der Waals surface area (Å²) >= 11 is 9.19. The van der Waals surface area contributed by atoms with E-state index in [9.17, 15) is 14.0 Å². The standard InChI is InChI=1S/C24H21BrClFN2O3/c1-13-9-17(25)10-14(2)22(13)32-15(3)23(30)28-18-6-4-5-16(11-18)24(31)29-19-7-8-21(27)20(26)12-19/h4-12,15H,1-3H3,(H,28,30)(H,29,31). The van der Waals surface area contributed by atoms with Crippen LogP contribution in [-0.4, -0.2) is 17.9 Å². The molecule has 2 N–H and O–H groups in total. The first-order valence-electron chi connectivity index (χ1n) is 9.75. The molecule has 0 spiro atoms. The Labute approximate surface area is 199 Å². The van der Waals surface area contributed by atoms with E-state index in [4.69, 9.17) is 16.3 Å². The van der Waals surface area contributed by atoms with E-state index in [1.165, 1.54) is 18.2 Å². The van der Waals surface area contributed by atoms with Crippen molar-refractivity contribution in [2.45, 2.75) is 26.9 Å².